The molecule has 2 heterocycles. The van der Waals surface area contributed by atoms with Crippen molar-refractivity contribution in [1.82, 2.24) is 19.6 Å². The normalized spacial score (nSPS) is 10.9. The van der Waals surface area contributed by atoms with Crippen LogP contribution in [0.15, 0.2) is 107 Å². The average Bonchev–Trinajstić information content (AvgIpc) is 3.55. The van der Waals surface area contributed by atoms with E-state index in [0.717, 1.165) is 22.5 Å². The predicted molar refractivity (Wildman–Crippen MR) is 191 cm³/mol. The molecule has 0 amide bonds. The molecule has 0 saturated carbocycles. The summed E-state index contributed by atoms with van der Waals surface area (Å²) in [6.45, 7) is 7.44. The van der Waals surface area contributed by atoms with Crippen molar-refractivity contribution in [3.8, 4) is 23.1 Å². The van der Waals surface area contributed by atoms with E-state index in [2.05, 4.69) is 20.2 Å². The van der Waals surface area contributed by atoms with E-state index in [9.17, 15) is 30.0 Å². The van der Waals surface area contributed by atoms with E-state index in [1.165, 1.54) is 33.9 Å². The van der Waals surface area contributed by atoms with Crippen molar-refractivity contribution in [3.63, 3.8) is 0 Å². The van der Waals surface area contributed by atoms with Crippen LogP contribution in [-0.2, 0) is 16.8 Å². The fraction of sp³-hybridized carbons (Fsp3) is 0.105. The second kappa shape index (κ2) is 16.4. The van der Waals surface area contributed by atoms with Crippen molar-refractivity contribution in [2.24, 2.45) is 9.98 Å². The van der Waals surface area contributed by atoms with Crippen LogP contribution < -0.4 is 0 Å². The Hall–Kier alpha value is -6.31. The first-order valence-electron chi connectivity index (χ1n) is 15.4. The van der Waals surface area contributed by atoms with Crippen LogP contribution in [0.4, 0.5) is 11.4 Å². The van der Waals surface area contributed by atoms with E-state index >= 15 is 0 Å². The molecule has 6 rings (SSSR count). The minimum Gasteiger partial charge on any atom is -0.493 e. The van der Waals surface area contributed by atoms with Gasteiger partial charge in [-0.3, -0.25) is 9.98 Å². The van der Waals surface area contributed by atoms with Crippen molar-refractivity contribution >= 4 is 35.7 Å². The number of aryl methyl sites for hydroxylation is 4. The summed E-state index contributed by atoms with van der Waals surface area (Å²) < 4.78 is 2.87. The molecule has 2 aromatic heterocycles. The zero-order valence-electron chi connectivity index (χ0n) is 28.0. The van der Waals surface area contributed by atoms with Gasteiger partial charge in [0.1, 0.15) is 0 Å². The first-order valence-corrected chi connectivity index (χ1v) is 15.4. The quantitative estimate of drug-likeness (QED) is 0.118. The van der Waals surface area contributed by atoms with Gasteiger partial charge < -0.3 is 20.4 Å². The molecule has 0 bridgehead atoms. The van der Waals surface area contributed by atoms with E-state index in [-0.39, 0.29) is 39.7 Å². The Kier molecular flexibility index (Phi) is 12.1. The third kappa shape index (κ3) is 8.65. The van der Waals surface area contributed by atoms with Gasteiger partial charge in [0.15, 0.2) is 0 Å². The van der Waals surface area contributed by atoms with Gasteiger partial charge in [-0.15, -0.1) is 0 Å². The van der Waals surface area contributed by atoms with Crippen LogP contribution in [0.1, 0.15) is 54.4 Å². The van der Waals surface area contributed by atoms with Crippen molar-refractivity contribution in [2.45, 2.75) is 27.7 Å². The maximum atomic E-state index is 11.2. The van der Waals surface area contributed by atoms with Gasteiger partial charge >= 0.3 is 11.9 Å². The minimum absolute atomic E-state index is 0. The summed E-state index contributed by atoms with van der Waals surface area (Å²) >= 11 is 0. The molecular weight excluding hydrogens is 695 g/mol. The molecule has 51 heavy (non-hydrogen) atoms. The number of carboxylic acids is 2. The SMILES string of the molecule is Cc1cccc(-n2nc(C)c(C=Nc3ccccc3C(=O)O)c2O)c1.Cc1cccc(-n2nc(C)c(C=Nc3ccccc3C(=O)O)c2O)c1.[Co]. The number of para-hydroxylation sites is 2. The Balaban J connectivity index is 0.000000224. The number of rotatable bonds is 8. The maximum absolute atomic E-state index is 11.2. The van der Waals surface area contributed by atoms with Crippen molar-refractivity contribution < 1.29 is 46.8 Å². The molecule has 1 radical (unpaired) electrons. The number of carbonyl (C=O) groups is 2. The molecule has 0 aliphatic rings. The Bertz CT molecular complexity index is 2110. The van der Waals surface area contributed by atoms with Crippen LogP contribution in [0.3, 0.4) is 0 Å². The largest absolute Gasteiger partial charge is 0.493 e. The Morgan fingerprint density at radius 2 is 0.961 bits per heavy atom. The molecule has 13 heteroatoms. The van der Waals surface area contributed by atoms with Crippen LogP contribution >= 0.6 is 0 Å². The van der Waals surface area contributed by atoms with Gasteiger partial charge in [0, 0.05) is 29.2 Å². The van der Waals surface area contributed by atoms with Crippen LogP contribution in [-0.4, -0.2) is 64.4 Å². The van der Waals surface area contributed by atoms with Crippen LogP contribution in [0.25, 0.3) is 11.4 Å². The fourth-order valence-corrected chi connectivity index (χ4v) is 5.04. The molecular formula is C38H34CoN6O6. The second-order valence-corrected chi connectivity index (χ2v) is 11.3. The molecule has 0 atom stereocenters. The average molecular weight is 730 g/mol. The number of hydrogen-bond acceptors (Lipinski definition) is 8. The molecule has 0 aliphatic heterocycles. The third-order valence-electron chi connectivity index (χ3n) is 7.59. The van der Waals surface area contributed by atoms with Gasteiger partial charge in [0.25, 0.3) is 0 Å². The molecule has 0 saturated heterocycles. The first kappa shape index (κ1) is 37.5. The zero-order chi connectivity index (χ0) is 35.9. The van der Waals surface area contributed by atoms with E-state index in [0.29, 0.717) is 33.9 Å². The molecule has 0 fully saturated rings. The Morgan fingerprint density at radius 3 is 1.31 bits per heavy atom. The Labute approximate surface area is 303 Å². The van der Waals surface area contributed by atoms with Gasteiger partial charge in [-0.1, -0.05) is 48.5 Å². The van der Waals surface area contributed by atoms with Gasteiger partial charge in [-0.05, 0) is 87.4 Å². The Morgan fingerprint density at radius 1 is 0.588 bits per heavy atom. The number of aromatic nitrogens is 4. The standard InChI is InChI=1S/2C19H17N3O3.Co/c2*1-12-6-5-7-14(10-12)22-18(23)16(13(2)21-22)11-20-17-9-4-3-8-15(17)19(24)25;/h2*3-11,23H,1-2H3,(H,24,25);. The maximum Gasteiger partial charge on any atom is 0.337 e. The van der Waals surface area contributed by atoms with Crippen molar-refractivity contribution in [1.29, 1.82) is 0 Å². The summed E-state index contributed by atoms with van der Waals surface area (Å²) in [7, 11) is 0. The smallest absolute Gasteiger partial charge is 0.337 e. The van der Waals surface area contributed by atoms with E-state index < -0.39 is 11.9 Å². The number of nitrogens with zero attached hydrogens (tertiary/aromatic N) is 6. The number of carboxylic acid groups (broad SMARTS) is 2. The number of aromatic carboxylic acids is 2. The van der Waals surface area contributed by atoms with Gasteiger partial charge in [-0.2, -0.15) is 10.2 Å². The fourth-order valence-electron chi connectivity index (χ4n) is 5.04. The molecule has 4 N–H and O–H groups in total. The molecule has 0 unspecified atom stereocenters. The number of aliphatic imine (C=N–C) groups is 2. The van der Waals surface area contributed by atoms with E-state index in [1.807, 2.05) is 62.4 Å². The molecule has 6 aromatic rings. The van der Waals surface area contributed by atoms with Crippen molar-refractivity contribution in [3.05, 3.63) is 142 Å². The molecule has 261 valence electrons. The molecule has 4 aromatic carbocycles. The topological polar surface area (TPSA) is 175 Å². The summed E-state index contributed by atoms with van der Waals surface area (Å²) in [5.41, 5.74) is 6.50. The van der Waals surface area contributed by atoms with E-state index in [4.69, 9.17) is 0 Å². The summed E-state index contributed by atoms with van der Waals surface area (Å²) in [6.07, 6.45) is 2.87. The summed E-state index contributed by atoms with van der Waals surface area (Å²) in [5, 5.41) is 48.1. The van der Waals surface area contributed by atoms with Gasteiger partial charge in [0.05, 0.1) is 56.4 Å². The third-order valence-corrected chi connectivity index (χ3v) is 7.59. The first-order chi connectivity index (χ1) is 23.9. The summed E-state index contributed by atoms with van der Waals surface area (Å²) in [4.78, 5) is 30.9. The predicted octanol–water partition coefficient (Wildman–Crippen LogP) is 7.28. The molecule has 0 aliphatic carbocycles. The van der Waals surface area contributed by atoms with Gasteiger partial charge in [-0.25, -0.2) is 19.0 Å². The minimum atomic E-state index is -1.05. The van der Waals surface area contributed by atoms with Crippen LogP contribution in [0.5, 0.6) is 11.8 Å². The monoisotopic (exact) mass is 729 g/mol. The van der Waals surface area contributed by atoms with E-state index in [1.54, 1.807) is 50.2 Å². The number of aromatic hydroxyl groups is 2. The zero-order valence-corrected chi connectivity index (χ0v) is 29.1. The number of hydrogen-bond donors (Lipinski definition) is 4. The van der Waals surface area contributed by atoms with Crippen LogP contribution in [0, 0.1) is 27.7 Å². The van der Waals surface area contributed by atoms with Gasteiger partial charge in [0.2, 0.25) is 11.8 Å². The number of benzene rings is 4. The van der Waals surface area contributed by atoms with Crippen LogP contribution in [0.2, 0.25) is 0 Å². The summed E-state index contributed by atoms with van der Waals surface area (Å²) in [5.74, 6) is -2.19. The second-order valence-electron chi connectivity index (χ2n) is 11.3. The molecule has 12 nitrogen and oxygen atoms in total. The summed E-state index contributed by atoms with van der Waals surface area (Å²) in [6, 6.07) is 28.1. The van der Waals surface area contributed by atoms with Crippen molar-refractivity contribution in [2.75, 3.05) is 0 Å². The molecule has 0 spiro atoms.